The molecule has 6 heteroatoms. The minimum absolute atomic E-state index is 0.0845. The van der Waals surface area contributed by atoms with Crippen LogP contribution in [0.4, 0.5) is 0 Å². The lowest BCUT2D eigenvalue weighted by atomic mass is 10.1. The van der Waals surface area contributed by atoms with Crippen LogP contribution in [0.5, 0.6) is 0 Å². The molecule has 74 valence electrons. The zero-order valence-electron chi connectivity index (χ0n) is 7.69. The van der Waals surface area contributed by atoms with Crippen LogP contribution in [0.25, 0.3) is 0 Å². The first-order chi connectivity index (χ1) is 6.81. The molecule has 0 aliphatic rings. The maximum Gasteiger partial charge on any atom is 0.105 e. The van der Waals surface area contributed by atoms with Gasteiger partial charge in [0.25, 0.3) is 0 Å². The summed E-state index contributed by atoms with van der Waals surface area (Å²) in [6, 6.07) is 2.00. The van der Waals surface area contributed by atoms with Gasteiger partial charge in [0.05, 0.1) is 12.2 Å². The molecule has 4 N–H and O–H groups in total. The Labute approximate surface area is 85.3 Å². The molecular formula is C8H11N5S. The van der Waals surface area contributed by atoms with Gasteiger partial charge in [0, 0.05) is 4.88 Å². The highest BCUT2D eigenvalue weighted by molar-refractivity contribution is 7.10. The molecule has 0 saturated carbocycles. The number of nitrogens with one attached hydrogen (secondary N) is 2. The molecule has 0 amide bonds. The van der Waals surface area contributed by atoms with Crippen molar-refractivity contribution in [2.45, 2.75) is 13.0 Å². The Kier molecular flexibility index (Phi) is 2.58. The van der Waals surface area contributed by atoms with E-state index in [1.165, 1.54) is 4.88 Å². The van der Waals surface area contributed by atoms with Gasteiger partial charge in [0.2, 0.25) is 0 Å². The maximum atomic E-state index is 5.48. The SMILES string of the molecule is Cc1cc(C(NN)c2cn[nH]n2)cs1. The first kappa shape index (κ1) is 9.32. The monoisotopic (exact) mass is 209 g/mol. The summed E-state index contributed by atoms with van der Waals surface area (Å²) in [6.45, 7) is 2.06. The molecule has 2 rings (SSSR count). The van der Waals surface area contributed by atoms with Crippen molar-refractivity contribution >= 4 is 11.3 Å². The highest BCUT2D eigenvalue weighted by atomic mass is 32.1. The molecule has 2 heterocycles. The molecule has 0 radical (unpaired) electrons. The van der Waals surface area contributed by atoms with Gasteiger partial charge in [-0.1, -0.05) is 0 Å². The molecule has 2 aromatic rings. The van der Waals surface area contributed by atoms with E-state index in [9.17, 15) is 0 Å². The third kappa shape index (κ3) is 1.67. The zero-order valence-corrected chi connectivity index (χ0v) is 8.51. The van der Waals surface area contributed by atoms with Crippen molar-refractivity contribution in [2.75, 3.05) is 0 Å². The number of nitrogens with zero attached hydrogens (tertiary/aromatic N) is 2. The quantitative estimate of drug-likeness (QED) is 0.514. The molecule has 1 atom stereocenters. The summed E-state index contributed by atoms with van der Waals surface area (Å²) in [6.07, 6.45) is 1.66. The summed E-state index contributed by atoms with van der Waals surface area (Å²) in [5, 5.41) is 12.4. The zero-order chi connectivity index (χ0) is 9.97. The van der Waals surface area contributed by atoms with Gasteiger partial charge < -0.3 is 0 Å². The summed E-state index contributed by atoms with van der Waals surface area (Å²) in [4.78, 5) is 1.25. The lowest BCUT2D eigenvalue weighted by Gasteiger charge is -2.10. The van der Waals surface area contributed by atoms with Crippen molar-refractivity contribution in [3.63, 3.8) is 0 Å². The molecule has 0 aliphatic carbocycles. The van der Waals surface area contributed by atoms with Crippen LogP contribution in [0.3, 0.4) is 0 Å². The van der Waals surface area contributed by atoms with Gasteiger partial charge in [-0.05, 0) is 23.9 Å². The summed E-state index contributed by atoms with van der Waals surface area (Å²) in [7, 11) is 0. The summed E-state index contributed by atoms with van der Waals surface area (Å²) in [5.41, 5.74) is 4.63. The van der Waals surface area contributed by atoms with Crippen LogP contribution in [-0.2, 0) is 0 Å². The highest BCUT2D eigenvalue weighted by Gasteiger charge is 2.15. The second-order valence-corrected chi connectivity index (χ2v) is 4.10. The number of thiophene rings is 1. The molecule has 1 unspecified atom stereocenters. The first-order valence-corrected chi connectivity index (χ1v) is 5.06. The lowest BCUT2D eigenvalue weighted by molar-refractivity contribution is 0.620. The van der Waals surface area contributed by atoms with Crippen molar-refractivity contribution in [3.8, 4) is 0 Å². The van der Waals surface area contributed by atoms with Crippen LogP contribution in [0.15, 0.2) is 17.6 Å². The largest absolute Gasteiger partial charge is 0.271 e. The third-order valence-electron chi connectivity index (χ3n) is 1.98. The number of hydrazine groups is 1. The second-order valence-electron chi connectivity index (χ2n) is 2.99. The maximum absolute atomic E-state index is 5.48. The minimum Gasteiger partial charge on any atom is -0.271 e. The number of hydrogen-bond acceptors (Lipinski definition) is 5. The second kappa shape index (κ2) is 3.87. The van der Waals surface area contributed by atoms with Crippen LogP contribution < -0.4 is 11.3 Å². The van der Waals surface area contributed by atoms with Gasteiger partial charge in [-0.3, -0.25) is 5.84 Å². The van der Waals surface area contributed by atoms with E-state index in [4.69, 9.17) is 5.84 Å². The van der Waals surface area contributed by atoms with Crippen molar-refractivity contribution in [1.29, 1.82) is 0 Å². The number of rotatable bonds is 3. The lowest BCUT2D eigenvalue weighted by Crippen LogP contribution is -2.28. The van der Waals surface area contributed by atoms with E-state index in [0.29, 0.717) is 0 Å². The normalized spacial score (nSPS) is 13.0. The molecular weight excluding hydrogens is 198 g/mol. The van der Waals surface area contributed by atoms with Gasteiger partial charge in [0.15, 0.2) is 0 Å². The van der Waals surface area contributed by atoms with E-state index in [0.717, 1.165) is 11.3 Å². The van der Waals surface area contributed by atoms with Crippen LogP contribution in [0.1, 0.15) is 22.2 Å². The smallest absolute Gasteiger partial charge is 0.105 e. The number of aryl methyl sites for hydroxylation is 1. The van der Waals surface area contributed by atoms with Gasteiger partial charge in [-0.15, -0.1) is 11.3 Å². The summed E-state index contributed by atoms with van der Waals surface area (Å²) >= 11 is 1.69. The van der Waals surface area contributed by atoms with E-state index >= 15 is 0 Å². The fourth-order valence-electron chi connectivity index (χ4n) is 1.32. The Morgan fingerprint density at radius 2 is 2.50 bits per heavy atom. The fourth-order valence-corrected chi connectivity index (χ4v) is 2.05. The molecule has 0 aliphatic heterocycles. The van der Waals surface area contributed by atoms with E-state index < -0.39 is 0 Å². The minimum atomic E-state index is -0.0845. The number of hydrogen-bond donors (Lipinski definition) is 3. The van der Waals surface area contributed by atoms with Crippen molar-refractivity contribution in [1.82, 2.24) is 20.8 Å². The number of aromatic nitrogens is 3. The Balaban J connectivity index is 2.31. The molecule has 5 nitrogen and oxygen atoms in total. The van der Waals surface area contributed by atoms with E-state index in [-0.39, 0.29) is 6.04 Å². The topological polar surface area (TPSA) is 79.6 Å². The average molecular weight is 209 g/mol. The predicted octanol–water partition coefficient (Wildman–Crippen LogP) is 0.727. The molecule has 0 bridgehead atoms. The summed E-state index contributed by atoms with van der Waals surface area (Å²) in [5.74, 6) is 5.48. The molecule has 0 fully saturated rings. The van der Waals surface area contributed by atoms with Gasteiger partial charge in [-0.2, -0.15) is 15.4 Å². The predicted molar refractivity (Wildman–Crippen MR) is 54.6 cm³/mol. The van der Waals surface area contributed by atoms with E-state index in [1.807, 2.05) is 0 Å². The van der Waals surface area contributed by atoms with E-state index in [1.54, 1.807) is 17.5 Å². The van der Waals surface area contributed by atoms with Crippen LogP contribution in [0.2, 0.25) is 0 Å². The first-order valence-electron chi connectivity index (χ1n) is 4.18. The molecule has 14 heavy (non-hydrogen) atoms. The number of H-pyrrole nitrogens is 1. The Morgan fingerprint density at radius 1 is 1.64 bits per heavy atom. The number of aromatic amines is 1. The molecule has 0 saturated heterocycles. The average Bonchev–Trinajstić information content (AvgIpc) is 2.79. The van der Waals surface area contributed by atoms with Crippen molar-refractivity contribution < 1.29 is 0 Å². The fraction of sp³-hybridized carbons (Fsp3) is 0.250. The Morgan fingerprint density at radius 3 is 3.00 bits per heavy atom. The van der Waals surface area contributed by atoms with Crippen LogP contribution in [0, 0.1) is 6.92 Å². The van der Waals surface area contributed by atoms with E-state index in [2.05, 4.69) is 39.2 Å². The molecule has 2 aromatic heterocycles. The van der Waals surface area contributed by atoms with Crippen molar-refractivity contribution in [3.05, 3.63) is 33.8 Å². The standard InChI is InChI=1S/C8H11N5S/c1-5-2-6(4-14-5)8(11-9)7-3-10-13-12-7/h2-4,8,11H,9H2,1H3,(H,10,12,13). The van der Waals surface area contributed by atoms with Gasteiger partial charge in [0.1, 0.15) is 5.69 Å². The van der Waals surface area contributed by atoms with Crippen LogP contribution in [-0.4, -0.2) is 15.4 Å². The summed E-state index contributed by atoms with van der Waals surface area (Å²) < 4.78 is 0. The third-order valence-corrected chi connectivity index (χ3v) is 2.86. The number of nitrogens with two attached hydrogens (primary N) is 1. The Bertz CT molecular complexity index is 394. The van der Waals surface area contributed by atoms with Crippen LogP contribution >= 0.6 is 11.3 Å². The molecule has 0 aromatic carbocycles. The highest BCUT2D eigenvalue weighted by Crippen LogP contribution is 2.23. The van der Waals surface area contributed by atoms with Crippen molar-refractivity contribution in [2.24, 2.45) is 5.84 Å². The van der Waals surface area contributed by atoms with Gasteiger partial charge >= 0.3 is 0 Å². The molecule has 0 spiro atoms. The van der Waals surface area contributed by atoms with Gasteiger partial charge in [-0.25, -0.2) is 5.43 Å². The Hall–Kier alpha value is -1.24.